The van der Waals surface area contributed by atoms with E-state index >= 15 is 0 Å². The van der Waals surface area contributed by atoms with E-state index in [-0.39, 0.29) is 23.1 Å². The number of carbonyl (C=O) groups excluding carboxylic acids is 1. The minimum Gasteiger partial charge on any atom is -0.351 e. The molecule has 0 saturated heterocycles. The van der Waals surface area contributed by atoms with Crippen LogP contribution in [-0.4, -0.2) is 22.2 Å². The molecule has 5 nitrogen and oxygen atoms in total. The van der Waals surface area contributed by atoms with Crippen molar-refractivity contribution in [1.82, 2.24) is 15.1 Å². The van der Waals surface area contributed by atoms with Gasteiger partial charge in [0.2, 0.25) is 0 Å². The Kier molecular flexibility index (Phi) is 6.73. The third-order valence-corrected chi connectivity index (χ3v) is 4.66. The molecule has 1 aromatic heterocycles. The monoisotopic (exact) mass is 375 g/mol. The Hall–Kier alpha value is -3.21. The second kappa shape index (κ2) is 9.65. The lowest BCUT2D eigenvalue weighted by Gasteiger charge is -2.18. The summed E-state index contributed by atoms with van der Waals surface area (Å²) in [5, 5.41) is 7.11. The van der Waals surface area contributed by atoms with Gasteiger partial charge in [-0.1, -0.05) is 67.6 Å². The summed E-state index contributed by atoms with van der Waals surface area (Å²) in [6.07, 6.45) is 1.56. The molecule has 3 aromatic rings. The standard InChI is InChI=1S/C23H25N3O2/c1-2-17-26-22(27)14-13-21(25-26)23(28)24-16-15-20(18-9-5-3-6-10-18)19-11-7-4-8-12-19/h3-14,20H,2,15-17H2,1H3,(H,24,28). The van der Waals surface area contributed by atoms with Gasteiger partial charge in [-0.05, 0) is 30.0 Å². The number of rotatable bonds is 8. The molecule has 0 saturated carbocycles. The van der Waals surface area contributed by atoms with Gasteiger partial charge in [-0.25, -0.2) is 4.68 Å². The fourth-order valence-electron chi connectivity index (χ4n) is 3.26. The summed E-state index contributed by atoms with van der Waals surface area (Å²) >= 11 is 0. The van der Waals surface area contributed by atoms with Gasteiger partial charge in [0, 0.05) is 25.1 Å². The molecule has 1 heterocycles. The van der Waals surface area contributed by atoms with Crippen LogP contribution in [0, 0.1) is 0 Å². The van der Waals surface area contributed by atoms with E-state index in [2.05, 4.69) is 34.7 Å². The number of aryl methyl sites for hydroxylation is 1. The van der Waals surface area contributed by atoms with Gasteiger partial charge in [-0.2, -0.15) is 5.10 Å². The molecule has 1 N–H and O–H groups in total. The van der Waals surface area contributed by atoms with Gasteiger partial charge in [0.05, 0.1) is 0 Å². The molecule has 0 aliphatic heterocycles. The second-order valence-electron chi connectivity index (χ2n) is 6.70. The van der Waals surface area contributed by atoms with Crippen molar-refractivity contribution in [3.8, 4) is 0 Å². The normalized spacial score (nSPS) is 10.8. The fraction of sp³-hybridized carbons (Fsp3) is 0.261. The molecule has 0 aliphatic carbocycles. The lowest BCUT2D eigenvalue weighted by atomic mass is 9.88. The van der Waals surface area contributed by atoms with Crippen molar-refractivity contribution in [1.29, 1.82) is 0 Å². The van der Waals surface area contributed by atoms with Crippen LogP contribution in [0.3, 0.4) is 0 Å². The minimum absolute atomic E-state index is 0.188. The lowest BCUT2D eigenvalue weighted by molar-refractivity contribution is 0.0945. The van der Waals surface area contributed by atoms with Crippen LogP contribution in [-0.2, 0) is 6.54 Å². The van der Waals surface area contributed by atoms with Gasteiger partial charge in [-0.3, -0.25) is 9.59 Å². The molecule has 2 aromatic carbocycles. The molecule has 0 atom stereocenters. The van der Waals surface area contributed by atoms with E-state index in [4.69, 9.17) is 0 Å². The number of amides is 1. The largest absolute Gasteiger partial charge is 0.351 e. The van der Waals surface area contributed by atoms with Crippen LogP contribution >= 0.6 is 0 Å². The van der Waals surface area contributed by atoms with Crippen LogP contribution in [0.2, 0.25) is 0 Å². The van der Waals surface area contributed by atoms with Crippen LogP contribution in [0.1, 0.15) is 47.3 Å². The third kappa shape index (κ3) is 4.94. The highest BCUT2D eigenvalue weighted by molar-refractivity contribution is 5.91. The SMILES string of the molecule is CCCn1nc(C(=O)NCCC(c2ccccc2)c2ccccc2)ccc1=O. The smallest absolute Gasteiger partial charge is 0.271 e. The fourth-order valence-corrected chi connectivity index (χ4v) is 3.26. The Morgan fingerprint density at radius 1 is 0.964 bits per heavy atom. The van der Waals surface area contributed by atoms with E-state index in [1.54, 1.807) is 0 Å². The van der Waals surface area contributed by atoms with Crippen molar-refractivity contribution in [2.75, 3.05) is 6.54 Å². The number of aromatic nitrogens is 2. The van der Waals surface area contributed by atoms with Crippen molar-refractivity contribution >= 4 is 5.91 Å². The van der Waals surface area contributed by atoms with Gasteiger partial charge in [-0.15, -0.1) is 0 Å². The van der Waals surface area contributed by atoms with Crippen molar-refractivity contribution in [2.45, 2.75) is 32.2 Å². The van der Waals surface area contributed by atoms with Crippen molar-refractivity contribution < 1.29 is 4.79 Å². The molecule has 0 fully saturated rings. The first-order valence-corrected chi connectivity index (χ1v) is 9.65. The van der Waals surface area contributed by atoms with Crippen LogP contribution in [0.4, 0.5) is 0 Å². The number of hydrogen-bond acceptors (Lipinski definition) is 3. The molecule has 0 aliphatic rings. The van der Waals surface area contributed by atoms with Gasteiger partial charge in [0.1, 0.15) is 5.69 Å². The van der Waals surface area contributed by atoms with E-state index in [0.717, 1.165) is 12.8 Å². The van der Waals surface area contributed by atoms with Crippen LogP contribution < -0.4 is 10.9 Å². The maximum absolute atomic E-state index is 12.5. The number of nitrogens with one attached hydrogen (secondary N) is 1. The highest BCUT2D eigenvalue weighted by Gasteiger charge is 2.15. The molecule has 0 spiro atoms. The Labute approximate surface area is 165 Å². The average molecular weight is 375 g/mol. The van der Waals surface area contributed by atoms with Crippen LogP contribution in [0.25, 0.3) is 0 Å². The van der Waals surface area contributed by atoms with Crippen molar-refractivity contribution in [3.05, 3.63) is 100.0 Å². The third-order valence-electron chi connectivity index (χ3n) is 4.66. The highest BCUT2D eigenvalue weighted by Crippen LogP contribution is 2.27. The van der Waals surface area contributed by atoms with Crippen molar-refractivity contribution in [2.24, 2.45) is 0 Å². The molecule has 28 heavy (non-hydrogen) atoms. The first-order valence-electron chi connectivity index (χ1n) is 9.65. The minimum atomic E-state index is -0.260. The molecule has 3 rings (SSSR count). The van der Waals surface area contributed by atoms with E-state index in [1.807, 2.05) is 43.3 Å². The Morgan fingerprint density at radius 2 is 1.57 bits per heavy atom. The molecule has 144 valence electrons. The summed E-state index contributed by atoms with van der Waals surface area (Å²) in [4.78, 5) is 24.2. The van der Waals surface area contributed by atoms with E-state index < -0.39 is 0 Å². The molecule has 5 heteroatoms. The quantitative estimate of drug-likeness (QED) is 0.654. The topological polar surface area (TPSA) is 64.0 Å². The summed E-state index contributed by atoms with van der Waals surface area (Å²) in [6.45, 7) is 2.99. The zero-order valence-electron chi connectivity index (χ0n) is 16.0. The van der Waals surface area contributed by atoms with E-state index in [9.17, 15) is 9.59 Å². The maximum atomic E-state index is 12.5. The summed E-state index contributed by atoms with van der Waals surface area (Å²) in [5.41, 5.74) is 2.52. The zero-order chi connectivity index (χ0) is 19.8. The van der Waals surface area contributed by atoms with Crippen LogP contribution in [0.5, 0.6) is 0 Å². The summed E-state index contributed by atoms with van der Waals surface area (Å²) < 4.78 is 1.34. The maximum Gasteiger partial charge on any atom is 0.271 e. The Balaban J connectivity index is 1.68. The Bertz CT molecular complexity index is 913. The van der Waals surface area contributed by atoms with Gasteiger partial charge in [0.25, 0.3) is 11.5 Å². The molecule has 1 amide bonds. The summed E-state index contributed by atoms with van der Waals surface area (Å²) in [6, 6.07) is 23.5. The second-order valence-corrected chi connectivity index (χ2v) is 6.70. The zero-order valence-corrected chi connectivity index (χ0v) is 16.0. The molecule has 0 radical (unpaired) electrons. The first-order chi connectivity index (χ1) is 13.7. The molecular formula is C23H25N3O2. The van der Waals surface area contributed by atoms with Crippen molar-refractivity contribution in [3.63, 3.8) is 0 Å². The number of benzene rings is 2. The summed E-state index contributed by atoms with van der Waals surface area (Å²) in [5.74, 6) is -0.0607. The average Bonchev–Trinajstić information content (AvgIpc) is 2.74. The highest BCUT2D eigenvalue weighted by atomic mass is 16.2. The van der Waals surface area contributed by atoms with E-state index in [1.165, 1.54) is 27.9 Å². The predicted octanol–water partition coefficient (Wildman–Crippen LogP) is 3.61. The molecular weight excluding hydrogens is 350 g/mol. The number of carbonyl (C=O) groups is 1. The summed E-state index contributed by atoms with van der Waals surface area (Å²) in [7, 11) is 0. The number of hydrogen-bond donors (Lipinski definition) is 1. The van der Waals surface area contributed by atoms with Gasteiger partial charge < -0.3 is 5.32 Å². The van der Waals surface area contributed by atoms with Gasteiger partial charge >= 0.3 is 0 Å². The Morgan fingerprint density at radius 3 is 2.14 bits per heavy atom. The number of nitrogens with zero attached hydrogens (tertiary/aromatic N) is 2. The predicted molar refractivity (Wildman–Crippen MR) is 110 cm³/mol. The van der Waals surface area contributed by atoms with Gasteiger partial charge in [0.15, 0.2) is 0 Å². The lowest BCUT2D eigenvalue weighted by Crippen LogP contribution is -2.30. The van der Waals surface area contributed by atoms with E-state index in [0.29, 0.717) is 13.1 Å². The first kappa shape index (κ1) is 19.5. The van der Waals surface area contributed by atoms with Crippen LogP contribution in [0.15, 0.2) is 77.6 Å². The molecule has 0 bridgehead atoms. The molecule has 0 unspecified atom stereocenters.